The van der Waals surface area contributed by atoms with Gasteiger partial charge in [-0.1, -0.05) is 23.4 Å². The van der Waals surface area contributed by atoms with Crippen LogP contribution in [0.2, 0.25) is 5.02 Å². The van der Waals surface area contributed by atoms with Crippen molar-refractivity contribution < 1.29 is 18.3 Å². The number of sulfonamides is 1. The van der Waals surface area contributed by atoms with Gasteiger partial charge in [0.1, 0.15) is 4.90 Å². The van der Waals surface area contributed by atoms with Crippen molar-refractivity contribution in [2.75, 3.05) is 13.2 Å². The average molecular weight is 317 g/mol. The van der Waals surface area contributed by atoms with E-state index in [1.165, 1.54) is 18.2 Å². The molecule has 1 aromatic rings. The number of benzene rings is 1. The van der Waals surface area contributed by atoms with Crippen LogP contribution in [0.1, 0.15) is 12.0 Å². The highest BCUT2D eigenvalue weighted by Crippen LogP contribution is 2.22. The van der Waals surface area contributed by atoms with E-state index < -0.39 is 22.5 Å². The third-order valence-electron chi connectivity index (χ3n) is 2.13. The number of aliphatic hydroxyl groups is 1. The fourth-order valence-corrected chi connectivity index (χ4v) is 2.80. The Hall–Kier alpha value is -1.59. The van der Waals surface area contributed by atoms with Crippen molar-refractivity contribution in [3.63, 3.8) is 0 Å². The second kappa shape index (κ2) is 7.26. The molecule has 0 fully saturated rings. The summed E-state index contributed by atoms with van der Waals surface area (Å²) in [5.74, 6) is 4.63. The van der Waals surface area contributed by atoms with E-state index in [0.29, 0.717) is 12.0 Å². The van der Waals surface area contributed by atoms with E-state index in [-0.39, 0.29) is 16.5 Å². The van der Waals surface area contributed by atoms with E-state index in [1.54, 1.807) is 0 Å². The number of amides is 1. The standard InChI is InChI=1S/C12H13ClN2O4S/c13-10-7-9(3-1-2-6-16)4-5-11(10)20(18,19)15-8-12(14)17/h4-5,7,15-16H,2,6,8H2,(H2,14,17). The SMILES string of the molecule is NC(=O)CNS(=O)(=O)c1ccc(C#CCCO)cc1Cl. The highest BCUT2D eigenvalue weighted by molar-refractivity contribution is 7.89. The van der Waals surface area contributed by atoms with Crippen LogP contribution in [0.25, 0.3) is 0 Å². The Morgan fingerprint density at radius 3 is 2.70 bits per heavy atom. The van der Waals surface area contributed by atoms with Crippen molar-refractivity contribution >= 4 is 27.5 Å². The second-order valence-electron chi connectivity index (χ2n) is 3.71. The maximum atomic E-state index is 11.9. The van der Waals surface area contributed by atoms with Gasteiger partial charge in [-0.25, -0.2) is 13.1 Å². The Balaban J connectivity index is 2.99. The molecule has 1 aromatic carbocycles. The second-order valence-corrected chi connectivity index (χ2v) is 5.85. The number of primary amides is 1. The van der Waals surface area contributed by atoms with Gasteiger partial charge in [-0.15, -0.1) is 0 Å². The number of aliphatic hydroxyl groups excluding tert-OH is 1. The smallest absolute Gasteiger partial charge is 0.242 e. The van der Waals surface area contributed by atoms with Crippen LogP contribution in [-0.2, 0) is 14.8 Å². The monoisotopic (exact) mass is 316 g/mol. The minimum Gasteiger partial charge on any atom is -0.395 e. The summed E-state index contributed by atoms with van der Waals surface area (Å²) in [5.41, 5.74) is 5.40. The molecule has 1 amide bonds. The van der Waals surface area contributed by atoms with Crippen LogP contribution < -0.4 is 10.5 Å². The van der Waals surface area contributed by atoms with Crippen molar-refractivity contribution in [3.8, 4) is 11.8 Å². The van der Waals surface area contributed by atoms with Gasteiger partial charge in [0, 0.05) is 12.0 Å². The zero-order valence-corrected chi connectivity index (χ0v) is 12.0. The molecule has 0 heterocycles. The molecular formula is C12H13ClN2O4S. The molecular weight excluding hydrogens is 304 g/mol. The lowest BCUT2D eigenvalue weighted by molar-refractivity contribution is -0.116. The fraction of sp³-hybridized carbons (Fsp3) is 0.250. The predicted molar refractivity (Wildman–Crippen MR) is 74.4 cm³/mol. The first-order chi connectivity index (χ1) is 9.36. The minimum atomic E-state index is -3.90. The zero-order chi connectivity index (χ0) is 15.2. The molecule has 0 saturated heterocycles. The van der Waals surface area contributed by atoms with Crippen LogP contribution >= 0.6 is 11.6 Å². The molecule has 0 atom stereocenters. The first kappa shape index (κ1) is 16.5. The largest absolute Gasteiger partial charge is 0.395 e. The molecule has 0 aromatic heterocycles. The normalized spacial score (nSPS) is 10.7. The van der Waals surface area contributed by atoms with Crippen LogP contribution in [0.3, 0.4) is 0 Å². The molecule has 0 unspecified atom stereocenters. The first-order valence-electron chi connectivity index (χ1n) is 5.54. The molecule has 0 bridgehead atoms. The van der Waals surface area contributed by atoms with Gasteiger partial charge in [-0.2, -0.15) is 0 Å². The third-order valence-corrected chi connectivity index (χ3v) is 4.01. The van der Waals surface area contributed by atoms with Crippen LogP contribution in [0, 0.1) is 11.8 Å². The topological polar surface area (TPSA) is 109 Å². The summed E-state index contributed by atoms with van der Waals surface area (Å²) in [4.78, 5) is 10.4. The molecule has 1 rings (SSSR count). The maximum absolute atomic E-state index is 11.9. The van der Waals surface area contributed by atoms with E-state index in [0.717, 1.165) is 0 Å². The summed E-state index contributed by atoms with van der Waals surface area (Å²) in [6.45, 7) is -0.555. The number of hydrogen-bond acceptors (Lipinski definition) is 4. The molecule has 108 valence electrons. The maximum Gasteiger partial charge on any atom is 0.242 e. The van der Waals surface area contributed by atoms with Crippen LogP contribution in [0.5, 0.6) is 0 Å². The minimum absolute atomic E-state index is 0.0160. The molecule has 0 spiro atoms. The quantitative estimate of drug-likeness (QED) is 0.655. The van der Waals surface area contributed by atoms with E-state index in [2.05, 4.69) is 11.8 Å². The van der Waals surface area contributed by atoms with Gasteiger partial charge in [0.2, 0.25) is 15.9 Å². The van der Waals surface area contributed by atoms with Gasteiger partial charge in [0.15, 0.2) is 0 Å². The van der Waals surface area contributed by atoms with Gasteiger partial charge in [-0.3, -0.25) is 4.79 Å². The molecule has 0 aliphatic heterocycles. The van der Waals surface area contributed by atoms with Gasteiger partial charge in [0.25, 0.3) is 0 Å². The Morgan fingerprint density at radius 2 is 2.15 bits per heavy atom. The Bertz CT molecular complexity index is 662. The van der Waals surface area contributed by atoms with Crippen molar-refractivity contribution in [2.45, 2.75) is 11.3 Å². The van der Waals surface area contributed by atoms with Crippen molar-refractivity contribution in [3.05, 3.63) is 28.8 Å². The Labute approximate surface area is 122 Å². The Morgan fingerprint density at radius 1 is 1.45 bits per heavy atom. The van der Waals surface area contributed by atoms with Crippen LogP contribution in [-0.4, -0.2) is 32.6 Å². The van der Waals surface area contributed by atoms with Gasteiger partial charge in [0.05, 0.1) is 18.2 Å². The number of hydrogen-bond donors (Lipinski definition) is 3. The summed E-state index contributed by atoms with van der Waals surface area (Å²) < 4.78 is 25.7. The fourth-order valence-electron chi connectivity index (χ4n) is 1.26. The molecule has 4 N–H and O–H groups in total. The van der Waals surface area contributed by atoms with E-state index in [4.69, 9.17) is 22.4 Å². The summed E-state index contributed by atoms with van der Waals surface area (Å²) >= 11 is 5.89. The highest BCUT2D eigenvalue weighted by Gasteiger charge is 2.18. The number of rotatable bonds is 5. The number of nitrogens with one attached hydrogen (secondary N) is 1. The summed E-state index contributed by atoms with van der Waals surface area (Å²) in [7, 11) is -3.90. The number of carbonyl (C=O) groups is 1. The Kier molecular flexibility index (Phi) is 5.98. The van der Waals surface area contributed by atoms with Crippen LogP contribution in [0.4, 0.5) is 0 Å². The van der Waals surface area contributed by atoms with Crippen molar-refractivity contribution in [1.29, 1.82) is 0 Å². The van der Waals surface area contributed by atoms with Crippen LogP contribution in [0.15, 0.2) is 23.1 Å². The predicted octanol–water partition coefficient (Wildman–Crippen LogP) is -0.162. The lowest BCUT2D eigenvalue weighted by Crippen LogP contribution is -2.33. The molecule has 20 heavy (non-hydrogen) atoms. The lowest BCUT2D eigenvalue weighted by Gasteiger charge is -2.07. The van der Waals surface area contributed by atoms with Crippen molar-refractivity contribution in [1.82, 2.24) is 4.72 Å². The molecule has 8 heteroatoms. The number of halogens is 1. The summed E-state index contributed by atoms with van der Waals surface area (Å²) in [6.07, 6.45) is 0.317. The summed E-state index contributed by atoms with van der Waals surface area (Å²) in [6, 6.07) is 4.16. The van der Waals surface area contributed by atoms with Gasteiger partial charge >= 0.3 is 0 Å². The van der Waals surface area contributed by atoms with Gasteiger partial charge in [-0.05, 0) is 18.2 Å². The molecule has 0 radical (unpaired) electrons. The van der Waals surface area contributed by atoms with Gasteiger partial charge < -0.3 is 10.8 Å². The lowest BCUT2D eigenvalue weighted by atomic mass is 10.2. The zero-order valence-electron chi connectivity index (χ0n) is 10.4. The summed E-state index contributed by atoms with van der Waals surface area (Å²) in [5, 5.41) is 8.58. The average Bonchev–Trinajstić information content (AvgIpc) is 2.37. The van der Waals surface area contributed by atoms with E-state index in [1.807, 2.05) is 4.72 Å². The molecule has 6 nitrogen and oxygen atoms in total. The molecule has 0 aliphatic rings. The number of nitrogens with two attached hydrogens (primary N) is 1. The third kappa shape index (κ3) is 4.83. The highest BCUT2D eigenvalue weighted by atomic mass is 35.5. The molecule has 0 aliphatic carbocycles. The van der Waals surface area contributed by atoms with E-state index >= 15 is 0 Å². The first-order valence-corrected chi connectivity index (χ1v) is 7.40. The molecule has 0 saturated carbocycles. The van der Waals surface area contributed by atoms with Crippen molar-refractivity contribution in [2.24, 2.45) is 5.73 Å². The van der Waals surface area contributed by atoms with E-state index in [9.17, 15) is 13.2 Å². The number of carbonyl (C=O) groups excluding carboxylic acids is 1.